The fraction of sp³-hybridized carbons (Fsp3) is 0.636. The van der Waals surface area contributed by atoms with E-state index in [1.807, 2.05) is 4.90 Å². The third kappa shape index (κ3) is 3.58. The molecule has 1 saturated heterocycles. The van der Waals surface area contributed by atoms with Crippen LogP contribution in [0.5, 0.6) is 0 Å². The molecule has 3 atom stereocenters. The van der Waals surface area contributed by atoms with Gasteiger partial charge in [-0.3, -0.25) is 0 Å². The van der Waals surface area contributed by atoms with Gasteiger partial charge in [0.2, 0.25) is 5.95 Å². The molecule has 2 aromatic heterocycles. The minimum Gasteiger partial charge on any atom is -0.394 e. The largest absolute Gasteiger partial charge is 0.394 e. The monoisotopic (exact) mass is 510 g/mol. The average Bonchev–Trinajstić information content (AvgIpc) is 3.18. The van der Waals surface area contributed by atoms with Crippen molar-refractivity contribution in [1.29, 1.82) is 0 Å². The van der Waals surface area contributed by atoms with Crippen LogP contribution in [0.1, 0.15) is 49.5 Å². The van der Waals surface area contributed by atoms with Crippen LogP contribution in [0, 0.1) is 11.8 Å². The number of hydrogen-bond acceptors (Lipinski definition) is 8. The Hall–Kier alpha value is -1.98. The zero-order chi connectivity index (χ0) is 23.7. The molecule has 8 nitrogen and oxygen atoms in total. The number of aliphatic hydroxyl groups excluding tert-OH is 1. The number of nitrogens with zero attached hydrogens (tertiary/aromatic N) is 5. The van der Waals surface area contributed by atoms with E-state index in [1.54, 1.807) is 12.4 Å². The molecule has 3 fully saturated rings. The van der Waals surface area contributed by atoms with E-state index < -0.39 is 28.0 Å². The van der Waals surface area contributed by atoms with E-state index in [9.17, 15) is 18.1 Å². The van der Waals surface area contributed by atoms with Crippen LogP contribution in [0.15, 0.2) is 17.3 Å². The Morgan fingerprint density at radius 2 is 1.85 bits per heavy atom. The highest BCUT2D eigenvalue weighted by Crippen LogP contribution is 2.49. The quantitative estimate of drug-likeness (QED) is 0.632. The second kappa shape index (κ2) is 8.03. The van der Waals surface area contributed by atoms with Crippen LogP contribution >= 0.6 is 11.6 Å². The Labute approximate surface area is 203 Å². The number of rotatable bonds is 5. The van der Waals surface area contributed by atoms with Crippen molar-refractivity contribution in [1.82, 2.24) is 19.9 Å². The summed E-state index contributed by atoms with van der Waals surface area (Å²) in [5, 5.41) is 10.2. The van der Waals surface area contributed by atoms with Crippen molar-refractivity contribution >= 4 is 34.2 Å². The smallest absolute Gasteiger partial charge is 0.331 e. The number of nitrogens with one attached hydrogen (secondary N) is 1. The normalized spacial score (nSPS) is 30.6. The van der Waals surface area contributed by atoms with E-state index in [0.717, 1.165) is 25.1 Å². The van der Waals surface area contributed by atoms with Crippen molar-refractivity contribution in [2.45, 2.75) is 60.1 Å². The van der Waals surface area contributed by atoms with Gasteiger partial charge in [0.1, 0.15) is 27.3 Å². The van der Waals surface area contributed by atoms with Crippen LogP contribution in [0.25, 0.3) is 0 Å². The molecule has 4 aliphatic rings. The molecule has 0 radical (unpaired) electrons. The van der Waals surface area contributed by atoms with Crippen LogP contribution in [-0.2, 0) is 17.2 Å². The molecule has 182 valence electrons. The van der Waals surface area contributed by atoms with Crippen LogP contribution < -0.4 is 10.2 Å². The molecule has 0 spiro atoms. The zero-order valence-corrected chi connectivity index (χ0v) is 20.0. The van der Waals surface area contributed by atoms with Crippen molar-refractivity contribution in [3.63, 3.8) is 0 Å². The van der Waals surface area contributed by atoms with Crippen molar-refractivity contribution < 1.29 is 18.1 Å². The first-order valence-electron chi connectivity index (χ1n) is 11.6. The van der Waals surface area contributed by atoms with Crippen LogP contribution in [0.2, 0.25) is 5.02 Å². The third-order valence-corrected chi connectivity index (χ3v) is 9.49. The minimum atomic E-state index is -3.38. The molecule has 2 unspecified atom stereocenters. The summed E-state index contributed by atoms with van der Waals surface area (Å²) in [4.78, 5) is 20.0. The first-order chi connectivity index (χ1) is 16.3. The molecular weight excluding hydrogens is 486 g/mol. The van der Waals surface area contributed by atoms with E-state index in [2.05, 4.69) is 25.3 Å². The molecule has 12 heteroatoms. The van der Waals surface area contributed by atoms with E-state index >= 15 is 0 Å². The number of piperidine rings is 1. The summed E-state index contributed by atoms with van der Waals surface area (Å²) in [6, 6.07) is 0. The number of halogens is 3. The van der Waals surface area contributed by atoms with Crippen molar-refractivity contribution in [2.75, 3.05) is 29.9 Å². The maximum Gasteiger partial charge on any atom is 0.331 e. The van der Waals surface area contributed by atoms with Gasteiger partial charge >= 0.3 is 5.25 Å². The molecule has 0 aromatic carbocycles. The van der Waals surface area contributed by atoms with Gasteiger partial charge in [-0.05, 0) is 43.9 Å². The van der Waals surface area contributed by atoms with Crippen molar-refractivity contribution in [2.24, 2.45) is 11.8 Å². The molecular formula is C22H25ClF2N6O2S. The number of fused-ring (bicyclic) bond motifs is 3. The highest BCUT2D eigenvalue weighted by molar-refractivity contribution is 7.86. The summed E-state index contributed by atoms with van der Waals surface area (Å²) < 4.78 is 41.4. The van der Waals surface area contributed by atoms with Gasteiger partial charge in [0, 0.05) is 31.4 Å². The predicted molar refractivity (Wildman–Crippen MR) is 123 cm³/mol. The molecule has 2 saturated carbocycles. The molecule has 6 rings (SSSR count). The van der Waals surface area contributed by atoms with Crippen LogP contribution in [0.4, 0.5) is 20.5 Å². The molecule has 2 aliphatic heterocycles. The Morgan fingerprint density at radius 1 is 1.18 bits per heavy atom. The van der Waals surface area contributed by atoms with Gasteiger partial charge in [0.15, 0.2) is 0 Å². The maximum atomic E-state index is 14.4. The molecule has 2 aromatic rings. The number of hydrogen-bond donors (Lipinski definition) is 2. The Morgan fingerprint density at radius 3 is 2.44 bits per heavy atom. The van der Waals surface area contributed by atoms with E-state index in [4.69, 9.17) is 11.6 Å². The topological polar surface area (TPSA) is 104 Å². The van der Waals surface area contributed by atoms with Gasteiger partial charge in [-0.15, -0.1) is 0 Å². The molecule has 2 N–H and O–H groups in total. The summed E-state index contributed by atoms with van der Waals surface area (Å²) in [6.07, 6.45) is 6.94. The first-order valence-corrected chi connectivity index (χ1v) is 13.1. The fourth-order valence-electron chi connectivity index (χ4n) is 5.91. The number of aliphatic hydroxyl groups is 1. The molecule has 34 heavy (non-hydrogen) atoms. The summed E-state index contributed by atoms with van der Waals surface area (Å²) in [7, 11) is -2.53. The maximum absolute atomic E-state index is 14.4. The van der Waals surface area contributed by atoms with Gasteiger partial charge in [-0.2, -0.15) is 13.8 Å². The molecule has 2 bridgehead atoms. The van der Waals surface area contributed by atoms with Gasteiger partial charge in [-0.25, -0.2) is 19.2 Å². The summed E-state index contributed by atoms with van der Waals surface area (Å²) in [5.74, 6) is 2.12. The Bertz CT molecular complexity index is 1130. The van der Waals surface area contributed by atoms with Gasteiger partial charge < -0.3 is 15.3 Å². The van der Waals surface area contributed by atoms with Crippen molar-refractivity contribution in [3.05, 3.63) is 28.9 Å². The number of alkyl halides is 2. The lowest BCUT2D eigenvalue weighted by molar-refractivity contribution is 0.104. The second-order valence-electron chi connectivity index (χ2n) is 9.94. The lowest BCUT2D eigenvalue weighted by Crippen LogP contribution is -2.49. The zero-order valence-electron chi connectivity index (χ0n) is 18.4. The lowest BCUT2D eigenvalue weighted by atomic mass is 9.77. The second-order valence-corrected chi connectivity index (χ2v) is 11.9. The van der Waals surface area contributed by atoms with Crippen LogP contribution in [-0.4, -0.2) is 59.7 Å². The van der Waals surface area contributed by atoms with Gasteiger partial charge in [-0.1, -0.05) is 11.6 Å². The number of aromatic nitrogens is 4. The van der Waals surface area contributed by atoms with E-state index in [-0.39, 0.29) is 28.9 Å². The van der Waals surface area contributed by atoms with Gasteiger partial charge in [0.05, 0.1) is 29.3 Å². The average molecular weight is 511 g/mol. The minimum absolute atomic E-state index is 0.0269. The first kappa shape index (κ1) is 22.5. The third-order valence-electron chi connectivity index (χ3n) is 7.81. The highest BCUT2D eigenvalue weighted by Gasteiger charge is 2.51. The van der Waals surface area contributed by atoms with E-state index in [0.29, 0.717) is 48.7 Å². The number of anilines is 2. The summed E-state index contributed by atoms with van der Waals surface area (Å²) in [6.45, 7) is 1.19. The molecule has 2 aliphatic carbocycles. The molecule has 0 amide bonds. The lowest BCUT2D eigenvalue weighted by Gasteiger charge is -2.42. The summed E-state index contributed by atoms with van der Waals surface area (Å²) in [5.41, 5.74) is -0.488. The van der Waals surface area contributed by atoms with Crippen molar-refractivity contribution in [3.8, 4) is 0 Å². The Kier molecular flexibility index (Phi) is 5.31. The van der Waals surface area contributed by atoms with Crippen LogP contribution in [0.3, 0.4) is 0 Å². The highest BCUT2D eigenvalue weighted by atomic mass is 35.5. The fourth-order valence-corrected chi connectivity index (χ4v) is 7.18. The SMILES string of the molecule is O=[S@]1c2c(nc(N3CC4CCC(C3)C4c3ncc(Cl)cn3)nc2NC2(CO)CCC2)CC1(F)F. The summed E-state index contributed by atoms with van der Waals surface area (Å²) >= 11 is 5.96. The molecule has 4 heterocycles. The predicted octanol–water partition coefficient (Wildman–Crippen LogP) is 3.13. The van der Waals surface area contributed by atoms with E-state index in [1.165, 1.54) is 0 Å². The van der Waals surface area contributed by atoms with Gasteiger partial charge in [0.25, 0.3) is 0 Å². The standard InChI is InChI=1S/C22H25ClF2N6O2S/c23-14-7-26-18(27-8-14)16-12-2-3-13(16)10-31(9-12)20-28-15-6-22(24,25)34(33)17(15)19(29-20)30-21(11-32)4-1-5-21/h7-8,12-13,16,32H,1-6,9-11H2,(H,28,29,30)/t12?,13?,16?,34-/m0/s1. The Balaban J connectivity index is 1.32.